The summed E-state index contributed by atoms with van der Waals surface area (Å²) in [7, 11) is 0. The number of nitrogens with zero attached hydrogens (tertiary/aromatic N) is 1. The van der Waals surface area contributed by atoms with Gasteiger partial charge in [-0.3, -0.25) is 9.69 Å². The molecule has 2 fully saturated rings. The van der Waals surface area contributed by atoms with Gasteiger partial charge in [0, 0.05) is 24.9 Å². The summed E-state index contributed by atoms with van der Waals surface area (Å²) in [5.74, 6) is 0.446. The van der Waals surface area contributed by atoms with Crippen LogP contribution in [0.25, 0.3) is 0 Å². The van der Waals surface area contributed by atoms with Crippen molar-refractivity contribution >= 4 is 5.78 Å². The zero-order valence-corrected chi connectivity index (χ0v) is 10.1. The van der Waals surface area contributed by atoms with Crippen LogP contribution in [0.3, 0.4) is 0 Å². The highest BCUT2D eigenvalue weighted by Gasteiger charge is 2.36. The first kappa shape index (κ1) is 11.0. The molecule has 0 saturated carbocycles. The largest absolute Gasteiger partial charge is 0.300 e. The Morgan fingerprint density at radius 3 is 2.71 bits per heavy atom. The molecule has 2 atom stereocenters. The van der Waals surface area contributed by atoms with Crippen molar-refractivity contribution in [1.29, 1.82) is 0 Å². The van der Waals surface area contributed by atoms with E-state index in [-0.39, 0.29) is 0 Å². The van der Waals surface area contributed by atoms with E-state index in [1.54, 1.807) is 0 Å². The minimum Gasteiger partial charge on any atom is -0.300 e. The van der Waals surface area contributed by atoms with Gasteiger partial charge in [0.1, 0.15) is 5.78 Å². The second kappa shape index (κ2) is 4.61. The molecule has 2 nitrogen and oxygen atoms in total. The van der Waals surface area contributed by atoms with Crippen molar-refractivity contribution in [3.05, 3.63) is 35.9 Å². The van der Waals surface area contributed by atoms with Crippen LogP contribution in [0.15, 0.2) is 30.3 Å². The maximum Gasteiger partial charge on any atom is 0.136 e. The molecule has 3 rings (SSSR count). The molecule has 0 unspecified atom stereocenters. The van der Waals surface area contributed by atoms with E-state index in [4.69, 9.17) is 0 Å². The molecule has 90 valence electrons. The first-order valence-electron chi connectivity index (χ1n) is 6.67. The van der Waals surface area contributed by atoms with Gasteiger partial charge in [0.2, 0.25) is 0 Å². The lowest BCUT2D eigenvalue weighted by atomic mass is 9.85. The summed E-state index contributed by atoms with van der Waals surface area (Å²) in [6.07, 6.45) is 5.27. The zero-order valence-electron chi connectivity index (χ0n) is 10.1. The molecule has 0 bridgehead atoms. The number of carbonyl (C=O) groups is 1. The van der Waals surface area contributed by atoms with Gasteiger partial charge >= 0.3 is 0 Å². The van der Waals surface area contributed by atoms with Crippen LogP contribution in [-0.4, -0.2) is 23.3 Å². The minimum absolute atomic E-state index is 0.336. The molecule has 2 heterocycles. The van der Waals surface area contributed by atoms with Crippen molar-refractivity contribution in [3.63, 3.8) is 0 Å². The van der Waals surface area contributed by atoms with Crippen molar-refractivity contribution < 1.29 is 4.79 Å². The Hall–Kier alpha value is -1.15. The van der Waals surface area contributed by atoms with Crippen molar-refractivity contribution in [2.45, 2.75) is 44.2 Å². The molecule has 17 heavy (non-hydrogen) atoms. The second-order valence-electron chi connectivity index (χ2n) is 5.26. The monoisotopic (exact) mass is 229 g/mol. The van der Waals surface area contributed by atoms with Gasteiger partial charge in [0.15, 0.2) is 0 Å². The molecule has 0 aromatic heterocycles. The van der Waals surface area contributed by atoms with Gasteiger partial charge in [-0.15, -0.1) is 0 Å². The Bertz CT molecular complexity index is 401. The second-order valence-corrected chi connectivity index (χ2v) is 5.26. The third-order valence-corrected chi connectivity index (χ3v) is 4.14. The Labute approximate surface area is 103 Å². The van der Waals surface area contributed by atoms with E-state index in [0.29, 0.717) is 24.3 Å². The summed E-state index contributed by atoms with van der Waals surface area (Å²) < 4.78 is 0. The molecule has 0 aliphatic carbocycles. The van der Waals surface area contributed by atoms with E-state index in [0.717, 1.165) is 13.0 Å². The molecule has 2 aliphatic heterocycles. The van der Waals surface area contributed by atoms with Crippen LogP contribution in [0.1, 0.15) is 43.7 Å². The summed E-state index contributed by atoms with van der Waals surface area (Å²) in [5.41, 5.74) is 1.31. The van der Waals surface area contributed by atoms with Gasteiger partial charge in [0.25, 0.3) is 0 Å². The highest BCUT2D eigenvalue weighted by molar-refractivity contribution is 5.80. The van der Waals surface area contributed by atoms with Crippen LogP contribution in [-0.2, 0) is 4.79 Å². The van der Waals surface area contributed by atoms with Crippen LogP contribution < -0.4 is 0 Å². The Balaban J connectivity index is 1.88. The summed E-state index contributed by atoms with van der Waals surface area (Å²) >= 11 is 0. The van der Waals surface area contributed by atoms with Crippen LogP contribution in [0.5, 0.6) is 0 Å². The van der Waals surface area contributed by atoms with Gasteiger partial charge in [0.05, 0.1) is 0 Å². The van der Waals surface area contributed by atoms with E-state index in [1.807, 2.05) is 6.07 Å². The number of benzene rings is 1. The van der Waals surface area contributed by atoms with E-state index in [1.165, 1.54) is 24.8 Å². The van der Waals surface area contributed by atoms with E-state index < -0.39 is 0 Å². The lowest BCUT2D eigenvalue weighted by Crippen LogP contribution is -2.47. The van der Waals surface area contributed by atoms with Gasteiger partial charge in [-0.05, 0) is 24.9 Å². The first-order valence-corrected chi connectivity index (χ1v) is 6.67. The molecule has 0 amide bonds. The summed E-state index contributed by atoms with van der Waals surface area (Å²) in [5, 5.41) is 0. The Kier molecular flexibility index (Phi) is 2.98. The summed E-state index contributed by atoms with van der Waals surface area (Å²) in [4.78, 5) is 14.4. The predicted octanol–water partition coefficient (Wildman–Crippen LogP) is 2.95. The van der Waals surface area contributed by atoms with Crippen LogP contribution in [0, 0.1) is 0 Å². The molecule has 2 aliphatic rings. The lowest BCUT2D eigenvalue weighted by molar-refractivity contribution is -0.126. The van der Waals surface area contributed by atoms with Crippen molar-refractivity contribution in [2.24, 2.45) is 0 Å². The van der Waals surface area contributed by atoms with Gasteiger partial charge in [-0.2, -0.15) is 0 Å². The van der Waals surface area contributed by atoms with E-state index in [9.17, 15) is 4.79 Å². The van der Waals surface area contributed by atoms with Crippen molar-refractivity contribution in [2.75, 3.05) is 6.54 Å². The third-order valence-electron chi connectivity index (χ3n) is 4.14. The maximum atomic E-state index is 11.9. The van der Waals surface area contributed by atoms with E-state index >= 15 is 0 Å². The van der Waals surface area contributed by atoms with Gasteiger partial charge in [-0.25, -0.2) is 0 Å². The number of rotatable bonds is 1. The first-order chi connectivity index (χ1) is 8.34. The molecular formula is C15H19NO. The Morgan fingerprint density at radius 2 is 1.88 bits per heavy atom. The SMILES string of the molecule is O=C1C[C@@H]2CCCCN2[C@H](c2ccccc2)C1. The maximum absolute atomic E-state index is 11.9. The van der Waals surface area contributed by atoms with E-state index in [2.05, 4.69) is 29.2 Å². The number of piperidine rings is 2. The average molecular weight is 229 g/mol. The van der Waals surface area contributed by atoms with Gasteiger partial charge < -0.3 is 0 Å². The van der Waals surface area contributed by atoms with Crippen LogP contribution in [0.2, 0.25) is 0 Å². The molecule has 0 N–H and O–H groups in total. The Morgan fingerprint density at radius 1 is 1.06 bits per heavy atom. The molecular weight excluding hydrogens is 210 g/mol. The smallest absolute Gasteiger partial charge is 0.136 e. The molecule has 2 saturated heterocycles. The highest BCUT2D eigenvalue weighted by atomic mass is 16.1. The number of fused-ring (bicyclic) bond motifs is 1. The number of ketones is 1. The zero-order chi connectivity index (χ0) is 11.7. The normalized spacial score (nSPS) is 30.0. The van der Waals surface area contributed by atoms with Crippen LogP contribution >= 0.6 is 0 Å². The molecule has 1 aromatic rings. The minimum atomic E-state index is 0.336. The fourth-order valence-electron chi connectivity index (χ4n) is 3.32. The quantitative estimate of drug-likeness (QED) is 0.738. The number of hydrogen-bond donors (Lipinski definition) is 0. The number of hydrogen-bond acceptors (Lipinski definition) is 2. The highest BCUT2D eigenvalue weighted by Crippen LogP contribution is 2.36. The van der Waals surface area contributed by atoms with Crippen LogP contribution in [0.4, 0.5) is 0 Å². The molecule has 2 heteroatoms. The third kappa shape index (κ3) is 2.14. The standard InChI is InChI=1S/C15H19NO/c17-14-10-13-8-4-5-9-16(13)15(11-14)12-6-2-1-3-7-12/h1-3,6-7,13,15H,4-5,8-11H2/t13-,15-/m0/s1. The van der Waals surface area contributed by atoms with Crippen molar-refractivity contribution in [3.8, 4) is 0 Å². The fraction of sp³-hybridized carbons (Fsp3) is 0.533. The number of carbonyl (C=O) groups excluding carboxylic acids is 1. The molecule has 1 aromatic carbocycles. The molecule has 0 spiro atoms. The molecule has 0 radical (unpaired) electrons. The topological polar surface area (TPSA) is 20.3 Å². The van der Waals surface area contributed by atoms with Crippen molar-refractivity contribution in [1.82, 2.24) is 4.90 Å². The number of Topliss-reactive ketones (excluding diaryl/α,β-unsaturated/α-hetero) is 1. The fourth-order valence-corrected chi connectivity index (χ4v) is 3.32. The lowest BCUT2D eigenvalue weighted by Gasteiger charge is -2.44. The average Bonchev–Trinajstić information content (AvgIpc) is 2.39. The summed E-state index contributed by atoms with van der Waals surface area (Å²) in [6, 6.07) is 11.4. The van der Waals surface area contributed by atoms with Gasteiger partial charge in [-0.1, -0.05) is 36.8 Å². The predicted molar refractivity (Wildman–Crippen MR) is 67.8 cm³/mol. The summed E-state index contributed by atoms with van der Waals surface area (Å²) in [6.45, 7) is 1.16.